The summed E-state index contributed by atoms with van der Waals surface area (Å²) in [5.74, 6) is 1.26. The Balaban J connectivity index is 2.39. The summed E-state index contributed by atoms with van der Waals surface area (Å²) in [4.78, 5) is 5.07. The van der Waals surface area contributed by atoms with E-state index in [-0.39, 0.29) is 0 Å². The number of rotatable bonds is 3. The molecule has 0 spiro atoms. The molecule has 1 heterocycles. The molecule has 13 heavy (non-hydrogen) atoms. The Labute approximate surface area is 86.7 Å². The number of hydrogen-bond acceptors (Lipinski definition) is 3. The first-order chi connectivity index (χ1) is 6.16. The SMILES string of the molecule is CSCCN1CCN(C)C(C)C1C. The first kappa shape index (κ1) is 11.3. The van der Waals surface area contributed by atoms with Gasteiger partial charge < -0.3 is 4.90 Å². The lowest BCUT2D eigenvalue weighted by Crippen LogP contribution is -2.56. The second-order valence-electron chi connectivity index (χ2n) is 3.99. The fourth-order valence-corrected chi connectivity index (χ4v) is 2.31. The zero-order chi connectivity index (χ0) is 9.84. The van der Waals surface area contributed by atoms with Crippen LogP contribution in [-0.2, 0) is 0 Å². The summed E-state index contributed by atoms with van der Waals surface area (Å²) in [5.41, 5.74) is 0. The van der Waals surface area contributed by atoms with Gasteiger partial charge in [-0.15, -0.1) is 0 Å². The van der Waals surface area contributed by atoms with E-state index in [4.69, 9.17) is 0 Å². The molecule has 3 heteroatoms. The van der Waals surface area contributed by atoms with E-state index in [1.807, 2.05) is 11.8 Å². The zero-order valence-electron chi connectivity index (χ0n) is 9.29. The van der Waals surface area contributed by atoms with Crippen molar-refractivity contribution in [2.24, 2.45) is 0 Å². The lowest BCUT2D eigenvalue weighted by molar-refractivity contribution is 0.0575. The zero-order valence-corrected chi connectivity index (χ0v) is 10.1. The molecule has 2 atom stereocenters. The molecule has 0 aromatic heterocycles. The minimum Gasteiger partial charge on any atom is -0.301 e. The van der Waals surface area contributed by atoms with Crippen molar-refractivity contribution in [1.82, 2.24) is 9.80 Å². The van der Waals surface area contributed by atoms with E-state index in [0.29, 0.717) is 12.1 Å². The molecule has 0 amide bonds. The number of piperazine rings is 1. The molecule has 0 aromatic carbocycles. The van der Waals surface area contributed by atoms with Crippen LogP contribution in [-0.4, -0.2) is 60.6 Å². The quantitative estimate of drug-likeness (QED) is 0.682. The second kappa shape index (κ2) is 5.23. The molecule has 0 N–H and O–H groups in total. The standard InChI is InChI=1S/C10H22N2S/c1-9-10(2)12(7-8-13-4)6-5-11(9)3/h9-10H,5-8H2,1-4H3. The molecular weight excluding hydrogens is 180 g/mol. The van der Waals surface area contributed by atoms with Crippen LogP contribution >= 0.6 is 11.8 Å². The van der Waals surface area contributed by atoms with Crippen molar-refractivity contribution in [3.63, 3.8) is 0 Å². The van der Waals surface area contributed by atoms with E-state index in [9.17, 15) is 0 Å². The average Bonchev–Trinajstić information content (AvgIpc) is 2.13. The highest BCUT2D eigenvalue weighted by molar-refractivity contribution is 7.98. The van der Waals surface area contributed by atoms with Crippen molar-refractivity contribution in [2.75, 3.05) is 38.7 Å². The highest BCUT2D eigenvalue weighted by atomic mass is 32.2. The van der Waals surface area contributed by atoms with E-state index in [2.05, 4.69) is 37.0 Å². The maximum atomic E-state index is 2.61. The molecule has 78 valence electrons. The molecule has 2 unspecified atom stereocenters. The van der Waals surface area contributed by atoms with Crippen LogP contribution in [0.1, 0.15) is 13.8 Å². The summed E-state index contributed by atoms with van der Waals surface area (Å²) in [5, 5.41) is 0. The molecule has 1 saturated heterocycles. The minimum absolute atomic E-state index is 0.704. The fourth-order valence-electron chi connectivity index (χ4n) is 1.89. The van der Waals surface area contributed by atoms with Crippen LogP contribution in [0.5, 0.6) is 0 Å². The fraction of sp³-hybridized carbons (Fsp3) is 1.00. The summed E-state index contributed by atoms with van der Waals surface area (Å²) >= 11 is 1.94. The van der Waals surface area contributed by atoms with E-state index >= 15 is 0 Å². The van der Waals surface area contributed by atoms with Gasteiger partial charge in [0.15, 0.2) is 0 Å². The van der Waals surface area contributed by atoms with Gasteiger partial charge in [0.2, 0.25) is 0 Å². The first-order valence-electron chi connectivity index (χ1n) is 5.10. The summed E-state index contributed by atoms with van der Waals surface area (Å²) < 4.78 is 0. The van der Waals surface area contributed by atoms with Gasteiger partial charge in [0.05, 0.1) is 0 Å². The van der Waals surface area contributed by atoms with Crippen LogP contribution in [0.4, 0.5) is 0 Å². The Bertz CT molecular complexity index is 150. The van der Waals surface area contributed by atoms with Crippen LogP contribution < -0.4 is 0 Å². The number of nitrogens with zero attached hydrogens (tertiary/aromatic N) is 2. The van der Waals surface area contributed by atoms with Crippen LogP contribution in [0.25, 0.3) is 0 Å². The van der Waals surface area contributed by atoms with Crippen molar-refractivity contribution in [2.45, 2.75) is 25.9 Å². The number of thioether (sulfide) groups is 1. The molecule has 0 radical (unpaired) electrons. The Morgan fingerprint density at radius 1 is 1.23 bits per heavy atom. The monoisotopic (exact) mass is 202 g/mol. The number of likely N-dealkylation sites (N-methyl/N-ethyl adjacent to an activating group) is 1. The summed E-state index contributed by atoms with van der Waals surface area (Å²) in [6, 6.07) is 1.42. The van der Waals surface area contributed by atoms with Gasteiger partial charge in [0.1, 0.15) is 0 Å². The largest absolute Gasteiger partial charge is 0.301 e. The Kier molecular flexibility index (Phi) is 4.56. The summed E-state index contributed by atoms with van der Waals surface area (Å²) in [6.07, 6.45) is 2.18. The maximum absolute atomic E-state index is 2.61. The minimum atomic E-state index is 0.704. The summed E-state index contributed by atoms with van der Waals surface area (Å²) in [7, 11) is 2.23. The van der Waals surface area contributed by atoms with Gasteiger partial charge >= 0.3 is 0 Å². The molecule has 0 aliphatic carbocycles. The van der Waals surface area contributed by atoms with Crippen molar-refractivity contribution in [1.29, 1.82) is 0 Å². The van der Waals surface area contributed by atoms with Crippen LogP contribution in [0, 0.1) is 0 Å². The normalized spacial score (nSPS) is 32.3. The number of hydrogen-bond donors (Lipinski definition) is 0. The van der Waals surface area contributed by atoms with E-state index < -0.39 is 0 Å². The Hall–Kier alpha value is 0.270. The van der Waals surface area contributed by atoms with Crippen molar-refractivity contribution < 1.29 is 0 Å². The molecule has 1 rings (SSSR count). The third kappa shape index (κ3) is 2.86. The lowest BCUT2D eigenvalue weighted by Gasteiger charge is -2.43. The van der Waals surface area contributed by atoms with Crippen LogP contribution in [0.3, 0.4) is 0 Å². The van der Waals surface area contributed by atoms with Gasteiger partial charge in [-0.2, -0.15) is 11.8 Å². The third-order valence-corrected chi connectivity index (χ3v) is 3.88. The first-order valence-corrected chi connectivity index (χ1v) is 6.49. The lowest BCUT2D eigenvalue weighted by atomic mass is 10.1. The highest BCUT2D eigenvalue weighted by Gasteiger charge is 2.27. The van der Waals surface area contributed by atoms with E-state index in [0.717, 1.165) is 0 Å². The van der Waals surface area contributed by atoms with Gasteiger partial charge in [-0.05, 0) is 27.2 Å². The molecule has 0 saturated carbocycles. The average molecular weight is 202 g/mol. The molecular formula is C10H22N2S. The predicted molar refractivity (Wildman–Crippen MR) is 61.5 cm³/mol. The van der Waals surface area contributed by atoms with Crippen molar-refractivity contribution >= 4 is 11.8 Å². The van der Waals surface area contributed by atoms with Gasteiger partial charge in [0, 0.05) is 37.5 Å². The van der Waals surface area contributed by atoms with E-state index in [1.54, 1.807) is 0 Å². The summed E-state index contributed by atoms with van der Waals surface area (Å²) in [6.45, 7) is 8.39. The molecule has 1 aliphatic rings. The molecule has 1 aliphatic heterocycles. The van der Waals surface area contributed by atoms with Gasteiger partial charge in [-0.25, -0.2) is 0 Å². The van der Waals surface area contributed by atoms with Crippen molar-refractivity contribution in [3.05, 3.63) is 0 Å². The second-order valence-corrected chi connectivity index (χ2v) is 4.98. The Morgan fingerprint density at radius 2 is 1.92 bits per heavy atom. The van der Waals surface area contributed by atoms with Crippen molar-refractivity contribution in [3.8, 4) is 0 Å². The van der Waals surface area contributed by atoms with Crippen LogP contribution in [0.15, 0.2) is 0 Å². The molecule has 1 fully saturated rings. The third-order valence-electron chi connectivity index (χ3n) is 3.29. The van der Waals surface area contributed by atoms with Gasteiger partial charge in [-0.3, -0.25) is 4.90 Å². The van der Waals surface area contributed by atoms with E-state index in [1.165, 1.54) is 25.4 Å². The van der Waals surface area contributed by atoms with Gasteiger partial charge in [-0.1, -0.05) is 0 Å². The maximum Gasteiger partial charge on any atom is 0.0221 e. The Morgan fingerprint density at radius 3 is 2.54 bits per heavy atom. The topological polar surface area (TPSA) is 6.48 Å². The molecule has 2 nitrogen and oxygen atoms in total. The molecule has 0 bridgehead atoms. The van der Waals surface area contributed by atoms with Gasteiger partial charge in [0.25, 0.3) is 0 Å². The van der Waals surface area contributed by atoms with Crippen LogP contribution in [0.2, 0.25) is 0 Å². The smallest absolute Gasteiger partial charge is 0.0221 e. The molecule has 0 aromatic rings. The highest BCUT2D eigenvalue weighted by Crippen LogP contribution is 2.15. The predicted octanol–water partition coefficient (Wildman–Crippen LogP) is 1.37.